The second-order valence-electron chi connectivity index (χ2n) is 5.85. The van der Waals surface area contributed by atoms with Crippen molar-refractivity contribution in [2.45, 2.75) is 33.2 Å². The first-order chi connectivity index (χ1) is 10.2. The summed E-state index contributed by atoms with van der Waals surface area (Å²) in [5.74, 6) is -0.809. The molecule has 2 unspecified atom stereocenters. The standard InChI is InChI=1S/C17H20FN3O/c1-10(2)17(4,9-20)11(3)14-7-15(18)12(6-16(14)22)5-13(21)8-19/h6-7,10,13,22H,3,5,21H2,1-2,4H3. The average Bonchev–Trinajstić information content (AvgIpc) is 2.48. The Balaban J connectivity index is 3.30. The lowest BCUT2D eigenvalue weighted by Crippen LogP contribution is -2.23. The van der Waals surface area contributed by atoms with Crippen LogP contribution in [0, 0.1) is 39.8 Å². The summed E-state index contributed by atoms with van der Waals surface area (Å²) in [6.45, 7) is 9.30. The van der Waals surface area contributed by atoms with Crippen LogP contribution < -0.4 is 5.73 Å². The summed E-state index contributed by atoms with van der Waals surface area (Å²) in [4.78, 5) is 0. The van der Waals surface area contributed by atoms with E-state index < -0.39 is 17.3 Å². The number of phenolic OH excluding ortho intramolecular Hbond substituents is 1. The van der Waals surface area contributed by atoms with Crippen LogP contribution in [0.25, 0.3) is 5.57 Å². The lowest BCUT2D eigenvalue weighted by Gasteiger charge is -2.29. The number of phenols is 1. The Bertz CT molecular complexity index is 670. The molecule has 2 atom stereocenters. The van der Waals surface area contributed by atoms with Crippen LogP contribution in [0.1, 0.15) is 31.9 Å². The van der Waals surface area contributed by atoms with E-state index >= 15 is 0 Å². The van der Waals surface area contributed by atoms with Gasteiger partial charge in [-0.3, -0.25) is 0 Å². The fraction of sp³-hybridized carbons (Fsp3) is 0.412. The molecule has 3 N–H and O–H groups in total. The van der Waals surface area contributed by atoms with Crippen molar-refractivity contribution < 1.29 is 9.50 Å². The van der Waals surface area contributed by atoms with Crippen molar-refractivity contribution in [3.8, 4) is 17.9 Å². The molecular weight excluding hydrogens is 281 g/mol. The van der Waals surface area contributed by atoms with E-state index in [9.17, 15) is 14.8 Å². The molecular formula is C17H20FN3O. The molecule has 116 valence electrons. The van der Waals surface area contributed by atoms with Gasteiger partial charge in [0.1, 0.15) is 11.6 Å². The number of allylic oxidation sites excluding steroid dienone is 1. The third kappa shape index (κ3) is 3.27. The SMILES string of the molecule is C=C(c1cc(F)c(CC(N)C#N)cc1O)C(C)(C#N)C(C)C. The fourth-order valence-corrected chi connectivity index (χ4v) is 2.11. The quantitative estimate of drug-likeness (QED) is 0.873. The van der Waals surface area contributed by atoms with E-state index in [2.05, 4.69) is 12.6 Å². The van der Waals surface area contributed by atoms with E-state index in [-0.39, 0.29) is 29.2 Å². The molecule has 0 amide bonds. The zero-order valence-electron chi connectivity index (χ0n) is 13.0. The van der Waals surface area contributed by atoms with Gasteiger partial charge in [-0.25, -0.2) is 4.39 Å². The Hall–Kier alpha value is -2.37. The maximum atomic E-state index is 14.2. The predicted molar refractivity (Wildman–Crippen MR) is 82.9 cm³/mol. The fourth-order valence-electron chi connectivity index (χ4n) is 2.11. The van der Waals surface area contributed by atoms with Gasteiger partial charge in [0.15, 0.2) is 0 Å². The van der Waals surface area contributed by atoms with E-state index in [1.54, 1.807) is 6.92 Å². The Morgan fingerprint density at radius 3 is 2.50 bits per heavy atom. The summed E-state index contributed by atoms with van der Waals surface area (Å²) in [6, 6.07) is 5.54. The Labute approximate surface area is 130 Å². The zero-order chi connectivity index (χ0) is 17.1. The molecule has 0 fully saturated rings. The van der Waals surface area contributed by atoms with Crippen molar-refractivity contribution >= 4 is 5.57 Å². The number of nitrogens with two attached hydrogens (primary N) is 1. The molecule has 0 heterocycles. The molecule has 5 heteroatoms. The molecule has 0 aliphatic heterocycles. The van der Waals surface area contributed by atoms with E-state index in [0.29, 0.717) is 5.57 Å². The van der Waals surface area contributed by atoms with Crippen molar-refractivity contribution in [1.82, 2.24) is 0 Å². The van der Waals surface area contributed by atoms with Gasteiger partial charge in [0.25, 0.3) is 0 Å². The van der Waals surface area contributed by atoms with Crippen LogP contribution in [0.15, 0.2) is 18.7 Å². The summed E-state index contributed by atoms with van der Waals surface area (Å²) >= 11 is 0. The predicted octanol–water partition coefficient (Wildman–Crippen LogP) is 3.12. The van der Waals surface area contributed by atoms with Gasteiger partial charge in [-0.15, -0.1) is 0 Å². The molecule has 0 saturated carbocycles. The molecule has 1 aromatic rings. The summed E-state index contributed by atoms with van der Waals surface area (Å²) in [5, 5.41) is 28.3. The topological polar surface area (TPSA) is 93.8 Å². The van der Waals surface area contributed by atoms with Crippen LogP contribution in [0.3, 0.4) is 0 Å². The number of benzene rings is 1. The van der Waals surface area contributed by atoms with Gasteiger partial charge in [-0.2, -0.15) is 10.5 Å². The first kappa shape index (κ1) is 17.7. The maximum absolute atomic E-state index is 14.2. The van der Waals surface area contributed by atoms with Crippen LogP contribution in [0.2, 0.25) is 0 Å². The number of halogens is 1. The van der Waals surface area contributed by atoms with Crippen molar-refractivity contribution in [2.75, 3.05) is 0 Å². The minimum absolute atomic E-state index is 0.00233. The van der Waals surface area contributed by atoms with Crippen LogP contribution in [0.4, 0.5) is 4.39 Å². The van der Waals surface area contributed by atoms with E-state index in [0.717, 1.165) is 6.07 Å². The van der Waals surface area contributed by atoms with E-state index in [1.807, 2.05) is 19.9 Å². The van der Waals surface area contributed by atoms with Gasteiger partial charge in [-0.1, -0.05) is 20.4 Å². The zero-order valence-corrected chi connectivity index (χ0v) is 13.0. The first-order valence-electron chi connectivity index (χ1n) is 6.95. The molecule has 0 aliphatic rings. The van der Waals surface area contributed by atoms with Gasteiger partial charge in [-0.05, 0) is 36.1 Å². The van der Waals surface area contributed by atoms with Crippen LogP contribution in [-0.4, -0.2) is 11.1 Å². The number of nitrogens with zero attached hydrogens (tertiary/aromatic N) is 2. The van der Waals surface area contributed by atoms with Crippen molar-refractivity contribution in [1.29, 1.82) is 10.5 Å². The summed E-state index contributed by atoms with van der Waals surface area (Å²) < 4.78 is 14.2. The Kier molecular flexibility index (Phi) is 5.30. The number of hydrogen-bond acceptors (Lipinski definition) is 4. The minimum atomic E-state index is -0.922. The second kappa shape index (κ2) is 6.60. The highest BCUT2D eigenvalue weighted by Gasteiger charge is 2.34. The Morgan fingerprint density at radius 1 is 1.45 bits per heavy atom. The third-order valence-corrected chi connectivity index (χ3v) is 4.11. The number of aromatic hydroxyl groups is 1. The summed E-state index contributed by atoms with van der Waals surface area (Å²) in [5.41, 5.74) is 5.28. The van der Waals surface area contributed by atoms with Crippen LogP contribution >= 0.6 is 0 Å². The van der Waals surface area contributed by atoms with Gasteiger partial charge in [0.2, 0.25) is 0 Å². The molecule has 0 bridgehead atoms. The van der Waals surface area contributed by atoms with Gasteiger partial charge >= 0.3 is 0 Å². The Morgan fingerprint density at radius 2 is 2.05 bits per heavy atom. The van der Waals surface area contributed by atoms with Crippen LogP contribution in [-0.2, 0) is 6.42 Å². The van der Waals surface area contributed by atoms with E-state index in [1.165, 1.54) is 6.07 Å². The molecule has 1 aromatic carbocycles. The number of hydrogen-bond donors (Lipinski definition) is 2. The van der Waals surface area contributed by atoms with Gasteiger partial charge < -0.3 is 10.8 Å². The molecule has 0 saturated heterocycles. The number of rotatable bonds is 5. The van der Waals surface area contributed by atoms with E-state index in [4.69, 9.17) is 11.0 Å². The van der Waals surface area contributed by atoms with Gasteiger partial charge in [0, 0.05) is 12.0 Å². The largest absolute Gasteiger partial charge is 0.507 e. The number of nitriles is 2. The molecule has 0 aliphatic carbocycles. The molecule has 22 heavy (non-hydrogen) atoms. The molecule has 0 radical (unpaired) electrons. The molecule has 1 rings (SSSR count). The first-order valence-corrected chi connectivity index (χ1v) is 6.95. The lowest BCUT2D eigenvalue weighted by molar-refractivity contribution is 0.407. The normalized spacial score (nSPS) is 14.7. The molecule has 0 spiro atoms. The lowest BCUT2D eigenvalue weighted by atomic mass is 9.72. The maximum Gasteiger partial charge on any atom is 0.127 e. The van der Waals surface area contributed by atoms with Crippen LogP contribution in [0.5, 0.6) is 5.75 Å². The van der Waals surface area contributed by atoms with Crippen molar-refractivity contribution in [3.63, 3.8) is 0 Å². The second-order valence-corrected chi connectivity index (χ2v) is 5.85. The monoisotopic (exact) mass is 301 g/mol. The average molecular weight is 301 g/mol. The highest BCUT2D eigenvalue weighted by Crippen LogP contribution is 2.43. The third-order valence-electron chi connectivity index (χ3n) is 4.11. The minimum Gasteiger partial charge on any atom is -0.507 e. The highest BCUT2D eigenvalue weighted by molar-refractivity contribution is 5.75. The smallest absolute Gasteiger partial charge is 0.127 e. The van der Waals surface area contributed by atoms with Crippen molar-refractivity contribution in [2.24, 2.45) is 17.1 Å². The highest BCUT2D eigenvalue weighted by atomic mass is 19.1. The van der Waals surface area contributed by atoms with Crippen molar-refractivity contribution in [3.05, 3.63) is 35.7 Å². The summed E-state index contributed by atoms with van der Waals surface area (Å²) in [6.07, 6.45) is 0.00233. The molecule has 4 nitrogen and oxygen atoms in total. The van der Waals surface area contributed by atoms with Gasteiger partial charge in [0.05, 0.1) is 23.6 Å². The molecule has 0 aromatic heterocycles. The summed E-state index contributed by atoms with van der Waals surface area (Å²) in [7, 11) is 0.